The number of nitrogens with zero attached hydrogens (tertiary/aromatic N) is 1. The second-order valence-electron chi connectivity index (χ2n) is 4.84. The summed E-state index contributed by atoms with van der Waals surface area (Å²) in [6, 6.07) is 0. The molecule has 0 aromatic carbocycles. The lowest BCUT2D eigenvalue weighted by Crippen LogP contribution is -2.31. The largest absolute Gasteiger partial charge is 0.330 e. The van der Waals surface area contributed by atoms with Crippen molar-refractivity contribution in [3.05, 3.63) is 0 Å². The van der Waals surface area contributed by atoms with Gasteiger partial charge < -0.3 is 10.6 Å². The molecule has 0 bridgehead atoms. The fraction of sp³-hybridized carbons (Fsp3) is 1.00. The predicted molar refractivity (Wildman–Crippen MR) is 57.7 cm³/mol. The molecule has 0 amide bonds. The lowest BCUT2D eigenvalue weighted by atomic mass is 9.81. The van der Waals surface area contributed by atoms with Gasteiger partial charge in [0.15, 0.2) is 0 Å². The Morgan fingerprint density at radius 1 is 1.23 bits per heavy atom. The van der Waals surface area contributed by atoms with Gasteiger partial charge >= 0.3 is 0 Å². The molecule has 0 unspecified atom stereocenters. The van der Waals surface area contributed by atoms with Gasteiger partial charge in [0.1, 0.15) is 0 Å². The maximum Gasteiger partial charge on any atom is 0.00319 e. The predicted octanol–water partition coefficient (Wildman–Crippen LogP) is 1.85. The van der Waals surface area contributed by atoms with E-state index in [-0.39, 0.29) is 0 Å². The molecule has 0 atom stereocenters. The lowest BCUT2D eigenvalue weighted by Gasteiger charge is -2.32. The summed E-state index contributed by atoms with van der Waals surface area (Å²) in [5.74, 6) is 0. The summed E-state index contributed by atoms with van der Waals surface area (Å²) in [5, 5.41) is 0. The summed E-state index contributed by atoms with van der Waals surface area (Å²) in [6.45, 7) is 2.11. The molecular formula is C11H24N2. The molecule has 1 aliphatic carbocycles. The SMILES string of the molecule is CN(C)CC1(CCCN)CCCC1. The molecule has 0 aromatic heterocycles. The standard InChI is InChI=1S/C11H24N2/c1-13(2)10-11(8-5-9-12)6-3-4-7-11/h3-10,12H2,1-2H3. The van der Waals surface area contributed by atoms with Crippen LogP contribution in [0.15, 0.2) is 0 Å². The van der Waals surface area contributed by atoms with E-state index in [1.807, 2.05) is 0 Å². The lowest BCUT2D eigenvalue weighted by molar-refractivity contribution is 0.184. The summed E-state index contributed by atoms with van der Waals surface area (Å²) in [6.07, 6.45) is 8.24. The van der Waals surface area contributed by atoms with Gasteiger partial charge in [0.2, 0.25) is 0 Å². The van der Waals surface area contributed by atoms with Crippen molar-refractivity contribution < 1.29 is 0 Å². The Hall–Kier alpha value is -0.0800. The van der Waals surface area contributed by atoms with Crippen molar-refractivity contribution in [3.8, 4) is 0 Å². The van der Waals surface area contributed by atoms with Crippen molar-refractivity contribution >= 4 is 0 Å². The van der Waals surface area contributed by atoms with Crippen LogP contribution in [-0.4, -0.2) is 32.1 Å². The van der Waals surface area contributed by atoms with E-state index >= 15 is 0 Å². The molecule has 0 heterocycles. The third-order valence-corrected chi connectivity index (χ3v) is 3.23. The minimum absolute atomic E-state index is 0.614. The van der Waals surface area contributed by atoms with Crippen LogP contribution in [0.1, 0.15) is 38.5 Å². The van der Waals surface area contributed by atoms with Crippen LogP contribution in [0.2, 0.25) is 0 Å². The summed E-state index contributed by atoms with van der Waals surface area (Å²) in [7, 11) is 4.37. The zero-order valence-corrected chi connectivity index (χ0v) is 9.18. The Kier molecular flexibility index (Phi) is 4.20. The van der Waals surface area contributed by atoms with Crippen LogP contribution >= 0.6 is 0 Å². The average Bonchev–Trinajstić information content (AvgIpc) is 2.49. The average molecular weight is 184 g/mol. The third kappa shape index (κ3) is 3.28. The first-order chi connectivity index (χ1) is 6.18. The second-order valence-corrected chi connectivity index (χ2v) is 4.84. The molecule has 0 aromatic rings. The Balaban J connectivity index is 2.42. The topological polar surface area (TPSA) is 29.3 Å². The number of hydrogen-bond donors (Lipinski definition) is 1. The first kappa shape index (κ1) is 11.0. The third-order valence-electron chi connectivity index (χ3n) is 3.23. The minimum atomic E-state index is 0.614. The molecule has 13 heavy (non-hydrogen) atoms. The van der Waals surface area contributed by atoms with Gasteiger partial charge in [-0.15, -0.1) is 0 Å². The van der Waals surface area contributed by atoms with Crippen molar-refractivity contribution in [2.24, 2.45) is 11.1 Å². The fourth-order valence-corrected chi connectivity index (χ4v) is 2.76. The Labute approximate surface area is 82.5 Å². The molecule has 0 radical (unpaired) electrons. The van der Waals surface area contributed by atoms with Crippen LogP contribution in [0.5, 0.6) is 0 Å². The quantitative estimate of drug-likeness (QED) is 0.706. The van der Waals surface area contributed by atoms with Crippen LogP contribution in [0.4, 0.5) is 0 Å². The van der Waals surface area contributed by atoms with Crippen molar-refractivity contribution in [1.29, 1.82) is 0 Å². The van der Waals surface area contributed by atoms with Crippen LogP contribution in [0.25, 0.3) is 0 Å². The monoisotopic (exact) mass is 184 g/mol. The number of nitrogens with two attached hydrogens (primary N) is 1. The highest BCUT2D eigenvalue weighted by atomic mass is 15.1. The van der Waals surface area contributed by atoms with Gasteiger partial charge in [-0.25, -0.2) is 0 Å². The fourth-order valence-electron chi connectivity index (χ4n) is 2.76. The normalized spacial score (nSPS) is 21.2. The molecule has 1 saturated carbocycles. The summed E-state index contributed by atoms with van der Waals surface area (Å²) in [4.78, 5) is 2.34. The molecule has 1 fully saturated rings. The molecule has 0 saturated heterocycles. The molecule has 0 spiro atoms. The van der Waals surface area contributed by atoms with E-state index in [1.165, 1.54) is 45.1 Å². The highest BCUT2D eigenvalue weighted by Gasteiger charge is 2.33. The van der Waals surface area contributed by atoms with Gasteiger partial charge in [-0.2, -0.15) is 0 Å². The van der Waals surface area contributed by atoms with Crippen LogP contribution in [0, 0.1) is 5.41 Å². The van der Waals surface area contributed by atoms with E-state index in [1.54, 1.807) is 0 Å². The molecule has 2 N–H and O–H groups in total. The van der Waals surface area contributed by atoms with Crippen LogP contribution < -0.4 is 5.73 Å². The molecule has 2 heteroatoms. The summed E-state index contributed by atoms with van der Waals surface area (Å²) < 4.78 is 0. The van der Waals surface area contributed by atoms with E-state index in [2.05, 4.69) is 19.0 Å². The van der Waals surface area contributed by atoms with Crippen molar-refractivity contribution in [2.75, 3.05) is 27.2 Å². The Morgan fingerprint density at radius 3 is 2.31 bits per heavy atom. The first-order valence-electron chi connectivity index (χ1n) is 5.53. The highest BCUT2D eigenvalue weighted by molar-refractivity contribution is 4.86. The van der Waals surface area contributed by atoms with Gasteiger partial charge in [0.25, 0.3) is 0 Å². The van der Waals surface area contributed by atoms with E-state index in [0.29, 0.717) is 5.41 Å². The van der Waals surface area contributed by atoms with Crippen LogP contribution in [-0.2, 0) is 0 Å². The first-order valence-corrected chi connectivity index (χ1v) is 5.53. The Morgan fingerprint density at radius 2 is 1.85 bits per heavy atom. The van der Waals surface area contributed by atoms with Crippen molar-refractivity contribution in [2.45, 2.75) is 38.5 Å². The smallest absolute Gasteiger partial charge is 0.00319 e. The molecular weight excluding hydrogens is 160 g/mol. The zero-order valence-electron chi connectivity index (χ0n) is 9.18. The van der Waals surface area contributed by atoms with E-state index < -0.39 is 0 Å². The second kappa shape index (κ2) is 4.97. The molecule has 0 aliphatic heterocycles. The van der Waals surface area contributed by atoms with E-state index in [0.717, 1.165) is 6.54 Å². The van der Waals surface area contributed by atoms with E-state index in [4.69, 9.17) is 5.73 Å². The van der Waals surface area contributed by atoms with Gasteiger partial charge in [0, 0.05) is 6.54 Å². The summed E-state index contributed by atoms with van der Waals surface area (Å²) in [5.41, 5.74) is 6.20. The zero-order chi connectivity index (χ0) is 9.73. The van der Waals surface area contributed by atoms with Crippen molar-refractivity contribution in [1.82, 2.24) is 4.90 Å². The van der Waals surface area contributed by atoms with Crippen molar-refractivity contribution in [3.63, 3.8) is 0 Å². The minimum Gasteiger partial charge on any atom is -0.330 e. The van der Waals surface area contributed by atoms with Gasteiger partial charge in [0.05, 0.1) is 0 Å². The summed E-state index contributed by atoms with van der Waals surface area (Å²) >= 11 is 0. The van der Waals surface area contributed by atoms with Gasteiger partial charge in [-0.1, -0.05) is 12.8 Å². The molecule has 2 nitrogen and oxygen atoms in total. The highest BCUT2D eigenvalue weighted by Crippen LogP contribution is 2.42. The maximum absolute atomic E-state index is 5.58. The molecule has 1 rings (SSSR count). The molecule has 78 valence electrons. The number of rotatable bonds is 5. The van der Waals surface area contributed by atoms with Gasteiger partial charge in [-0.3, -0.25) is 0 Å². The molecule has 1 aliphatic rings. The van der Waals surface area contributed by atoms with Crippen LogP contribution in [0.3, 0.4) is 0 Å². The number of hydrogen-bond acceptors (Lipinski definition) is 2. The van der Waals surface area contributed by atoms with Gasteiger partial charge in [-0.05, 0) is 51.7 Å². The maximum atomic E-state index is 5.58. The van der Waals surface area contributed by atoms with E-state index in [9.17, 15) is 0 Å². The Bertz CT molecular complexity index is 137.